The van der Waals surface area contributed by atoms with Crippen molar-refractivity contribution in [3.63, 3.8) is 0 Å². The first-order chi connectivity index (χ1) is 16.7. The highest BCUT2D eigenvalue weighted by molar-refractivity contribution is 6.30. The second kappa shape index (κ2) is 10.5. The molecule has 2 unspecified atom stereocenters. The summed E-state index contributed by atoms with van der Waals surface area (Å²) in [6, 6.07) is 10.8. The average Bonchev–Trinajstić information content (AvgIpc) is 3.47. The van der Waals surface area contributed by atoms with Gasteiger partial charge in [0.15, 0.2) is 0 Å². The SMILES string of the molecule is Cc1cc(C)cc(CC2CC(C(N)=O)N([C@@H](C)C(=O)NCc3cc(Cl)ccc3-n3cnnn3)C2)c1. The maximum absolute atomic E-state index is 13.1. The van der Waals surface area contributed by atoms with Crippen molar-refractivity contribution in [1.82, 2.24) is 30.4 Å². The molecule has 0 saturated carbocycles. The molecule has 0 radical (unpaired) electrons. The number of nitrogens with two attached hydrogens (primary N) is 1. The van der Waals surface area contributed by atoms with Crippen LogP contribution in [0.2, 0.25) is 5.02 Å². The van der Waals surface area contributed by atoms with Gasteiger partial charge >= 0.3 is 0 Å². The number of amides is 2. The summed E-state index contributed by atoms with van der Waals surface area (Å²) in [5.74, 6) is -0.349. The van der Waals surface area contributed by atoms with Crippen LogP contribution in [0.25, 0.3) is 5.69 Å². The molecule has 184 valence electrons. The fraction of sp³-hybridized carbons (Fsp3) is 0.400. The molecule has 0 aliphatic carbocycles. The second-order valence-corrected chi connectivity index (χ2v) is 9.77. The number of carbonyl (C=O) groups excluding carboxylic acids is 2. The van der Waals surface area contributed by atoms with Crippen LogP contribution in [-0.2, 0) is 22.6 Å². The van der Waals surface area contributed by atoms with E-state index in [2.05, 4.69) is 52.9 Å². The molecule has 1 aliphatic rings. The number of primary amides is 1. The van der Waals surface area contributed by atoms with Gasteiger partial charge in [-0.2, -0.15) is 0 Å². The Morgan fingerprint density at radius 1 is 1.20 bits per heavy atom. The maximum Gasteiger partial charge on any atom is 0.237 e. The molecule has 1 aliphatic heterocycles. The number of aryl methyl sites for hydroxylation is 2. The number of tetrazole rings is 1. The Morgan fingerprint density at radius 2 is 1.94 bits per heavy atom. The van der Waals surface area contributed by atoms with E-state index in [1.807, 2.05) is 11.8 Å². The Kier molecular flexibility index (Phi) is 7.47. The number of nitrogens with zero attached hydrogens (tertiary/aromatic N) is 5. The minimum atomic E-state index is -0.521. The topological polar surface area (TPSA) is 119 Å². The fourth-order valence-corrected chi connectivity index (χ4v) is 5.19. The highest BCUT2D eigenvalue weighted by atomic mass is 35.5. The molecule has 3 N–H and O–H groups in total. The smallest absolute Gasteiger partial charge is 0.237 e. The third-order valence-electron chi connectivity index (χ3n) is 6.53. The lowest BCUT2D eigenvalue weighted by Crippen LogP contribution is -2.51. The number of benzene rings is 2. The average molecular weight is 496 g/mol. The van der Waals surface area contributed by atoms with Gasteiger partial charge in [0.25, 0.3) is 0 Å². The zero-order chi connectivity index (χ0) is 25.1. The zero-order valence-electron chi connectivity index (χ0n) is 20.1. The minimum Gasteiger partial charge on any atom is -0.368 e. The van der Waals surface area contributed by atoms with E-state index in [-0.39, 0.29) is 18.4 Å². The van der Waals surface area contributed by atoms with Crippen molar-refractivity contribution in [2.24, 2.45) is 11.7 Å². The molecule has 0 bridgehead atoms. The molecule has 0 spiro atoms. The van der Waals surface area contributed by atoms with Crippen LogP contribution in [0.3, 0.4) is 0 Å². The summed E-state index contributed by atoms with van der Waals surface area (Å²) in [5.41, 5.74) is 10.9. The van der Waals surface area contributed by atoms with Gasteiger partial charge in [-0.25, -0.2) is 4.68 Å². The molecule has 4 rings (SSSR count). The van der Waals surface area contributed by atoms with Gasteiger partial charge in [-0.3, -0.25) is 14.5 Å². The van der Waals surface area contributed by atoms with Gasteiger partial charge in [-0.05, 0) is 79.3 Å². The molecule has 10 heteroatoms. The molecule has 3 atom stereocenters. The van der Waals surface area contributed by atoms with Crippen molar-refractivity contribution in [2.75, 3.05) is 6.54 Å². The lowest BCUT2D eigenvalue weighted by Gasteiger charge is -2.28. The fourth-order valence-electron chi connectivity index (χ4n) is 5.00. The molecular weight excluding hydrogens is 466 g/mol. The van der Waals surface area contributed by atoms with Gasteiger partial charge < -0.3 is 11.1 Å². The molecule has 2 amide bonds. The van der Waals surface area contributed by atoms with E-state index in [1.54, 1.807) is 18.2 Å². The van der Waals surface area contributed by atoms with Crippen LogP contribution in [0.15, 0.2) is 42.7 Å². The minimum absolute atomic E-state index is 0.189. The number of aromatic nitrogens is 4. The molecule has 1 fully saturated rings. The Balaban J connectivity index is 1.44. The number of hydrogen-bond acceptors (Lipinski definition) is 6. The largest absolute Gasteiger partial charge is 0.368 e. The van der Waals surface area contributed by atoms with Crippen molar-refractivity contribution < 1.29 is 9.59 Å². The van der Waals surface area contributed by atoms with Crippen LogP contribution in [0, 0.1) is 19.8 Å². The highest BCUT2D eigenvalue weighted by Gasteiger charge is 2.40. The van der Waals surface area contributed by atoms with Crippen LogP contribution >= 0.6 is 11.6 Å². The van der Waals surface area contributed by atoms with Crippen molar-refractivity contribution in [3.05, 3.63) is 70.0 Å². The maximum atomic E-state index is 13.1. The van der Waals surface area contributed by atoms with Crippen molar-refractivity contribution in [2.45, 2.75) is 52.2 Å². The van der Waals surface area contributed by atoms with E-state index in [1.165, 1.54) is 27.7 Å². The molecule has 2 heterocycles. The first kappa shape index (κ1) is 24.8. The number of halogens is 1. The van der Waals surface area contributed by atoms with Gasteiger partial charge in [-0.15, -0.1) is 5.10 Å². The molecule has 2 aromatic carbocycles. The molecular formula is C25H30ClN7O2. The van der Waals surface area contributed by atoms with Crippen LogP contribution in [0.4, 0.5) is 0 Å². The summed E-state index contributed by atoms with van der Waals surface area (Å²) in [5, 5.41) is 14.8. The summed E-state index contributed by atoms with van der Waals surface area (Å²) in [6.07, 6.45) is 2.96. The van der Waals surface area contributed by atoms with E-state index >= 15 is 0 Å². The van der Waals surface area contributed by atoms with Crippen LogP contribution in [0.5, 0.6) is 0 Å². The molecule has 35 heavy (non-hydrogen) atoms. The monoisotopic (exact) mass is 495 g/mol. The predicted molar refractivity (Wildman–Crippen MR) is 133 cm³/mol. The van der Waals surface area contributed by atoms with Crippen LogP contribution < -0.4 is 11.1 Å². The Morgan fingerprint density at radius 3 is 2.60 bits per heavy atom. The molecule has 1 aromatic heterocycles. The number of likely N-dealkylation sites (tertiary alicyclic amines) is 1. The summed E-state index contributed by atoms with van der Waals surface area (Å²) >= 11 is 6.18. The summed E-state index contributed by atoms with van der Waals surface area (Å²) in [7, 11) is 0. The van der Waals surface area contributed by atoms with E-state index in [0.717, 1.165) is 17.7 Å². The Bertz CT molecular complexity index is 1190. The number of nitrogens with one attached hydrogen (secondary N) is 1. The first-order valence-electron chi connectivity index (χ1n) is 11.6. The molecule has 9 nitrogen and oxygen atoms in total. The van der Waals surface area contributed by atoms with Crippen molar-refractivity contribution in [3.8, 4) is 5.69 Å². The number of hydrogen-bond donors (Lipinski definition) is 2. The third kappa shape index (κ3) is 5.86. The first-order valence-corrected chi connectivity index (χ1v) is 12.0. The van der Waals surface area contributed by atoms with Gasteiger partial charge in [0.1, 0.15) is 6.33 Å². The van der Waals surface area contributed by atoms with E-state index in [0.29, 0.717) is 18.0 Å². The lowest BCUT2D eigenvalue weighted by molar-refractivity contribution is -0.129. The zero-order valence-corrected chi connectivity index (χ0v) is 20.9. The molecule has 1 saturated heterocycles. The second-order valence-electron chi connectivity index (χ2n) is 9.34. The summed E-state index contributed by atoms with van der Waals surface area (Å²) in [4.78, 5) is 27.3. The third-order valence-corrected chi connectivity index (χ3v) is 6.76. The van der Waals surface area contributed by atoms with Gasteiger partial charge in [0.2, 0.25) is 11.8 Å². The van der Waals surface area contributed by atoms with E-state index in [4.69, 9.17) is 17.3 Å². The van der Waals surface area contributed by atoms with Crippen LogP contribution in [0.1, 0.15) is 35.6 Å². The van der Waals surface area contributed by atoms with E-state index < -0.39 is 18.0 Å². The van der Waals surface area contributed by atoms with Crippen molar-refractivity contribution in [1.29, 1.82) is 0 Å². The standard InChI is InChI=1S/C25H30ClN7O2/c1-15-6-16(2)8-18(7-15)9-19-10-23(24(27)34)32(13-19)17(3)25(35)28-12-20-11-21(26)4-5-22(20)33-14-29-30-31-33/h4-8,11,14,17,19,23H,9-10,12-13H2,1-3H3,(H2,27,34)(H,28,35)/t17-,19?,23?/m0/s1. The summed E-state index contributed by atoms with van der Waals surface area (Å²) < 4.78 is 1.52. The summed E-state index contributed by atoms with van der Waals surface area (Å²) in [6.45, 7) is 6.84. The number of carbonyl (C=O) groups is 2. The normalized spacial score (nSPS) is 19.0. The number of rotatable bonds is 8. The van der Waals surface area contributed by atoms with Gasteiger partial charge in [0.05, 0.1) is 17.8 Å². The highest BCUT2D eigenvalue weighted by Crippen LogP contribution is 2.29. The van der Waals surface area contributed by atoms with Gasteiger partial charge in [0, 0.05) is 18.1 Å². The lowest BCUT2D eigenvalue weighted by atomic mass is 9.94. The van der Waals surface area contributed by atoms with E-state index in [9.17, 15) is 9.59 Å². The predicted octanol–water partition coefficient (Wildman–Crippen LogP) is 2.36. The Hall–Kier alpha value is -3.30. The van der Waals surface area contributed by atoms with Gasteiger partial charge in [-0.1, -0.05) is 40.9 Å². The Labute approximate surface area is 209 Å². The molecule has 3 aromatic rings. The quantitative estimate of drug-likeness (QED) is 0.495. The van der Waals surface area contributed by atoms with Crippen molar-refractivity contribution >= 4 is 23.4 Å². The van der Waals surface area contributed by atoms with Crippen LogP contribution in [-0.4, -0.2) is 55.5 Å².